The number of nitrogens with zero attached hydrogens (tertiary/aromatic N) is 1. The Morgan fingerprint density at radius 2 is 2.43 bits per heavy atom. The van der Waals surface area contributed by atoms with Crippen molar-refractivity contribution in [3.8, 4) is 0 Å². The Labute approximate surface area is 87.0 Å². The average Bonchev–Trinajstić information content (AvgIpc) is 2.63. The Bertz CT molecular complexity index is 317. The molecule has 0 saturated carbocycles. The first-order valence-corrected chi connectivity index (χ1v) is 5.56. The summed E-state index contributed by atoms with van der Waals surface area (Å²) < 4.78 is 0. The molecule has 0 aromatic carbocycles. The largest absolute Gasteiger partial charge is 0.389 e. The average molecular weight is 211 g/mol. The van der Waals surface area contributed by atoms with Crippen molar-refractivity contribution in [2.75, 3.05) is 13.1 Å². The van der Waals surface area contributed by atoms with Crippen LogP contribution in [0.4, 0.5) is 0 Å². The predicted octanol–water partition coefficient (Wildman–Crippen LogP) is 1.05. The number of likely N-dealkylation sites (tertiary alicyclic amines) is 1. The van der Waals surface area contributed by atoms with Crippen molar-refractivity contribution in [2.24, 2.45) is 0 Å². The lowest BCUT2D eigenvalue weighted by Crippen LogP contribution is -2.54. The summed E-state index contributed by atoms with van der Waals surface area (Å²) in [6.07, 6.45) is -0.311. The minimum Gasteiger partial charge on any atom is -0.389 e. The van der Waals surface area contributed by atoms with Gasteiger partial charge >= 0.3 is 0 Å². The first-order valence-electron chi connectivity index (χ1n) is 4.68. The molecule has 2 heterocycles. The minimum absolute atomic E-state index is 0.0671. The van der Waals surface area contributed by atoms with Gasteiger partial charge in [0.15, 0.2) is 0 Å². The van der Waals surface area contributed by atoms with Crippen LogP contribution in [0.3, 0.4) is 0 Å². The van der Waals surface area contributed by atoms with Gasteiger partial charge in [0.2, 0.25) is 5.91 Å². The molecule has 0 bridgehead atoms. The summed E-state index contributed by atoms with van der Waals surface area (Å²) in [4.78, 5) is 14.6. The first kappa shape index (κ1) is 9.68. The van der Waals surface area contributed by atoms with Crippen molar-refractivity contribution < 1.29 is 9.90 Å². The Morgan fingerprint density at radius 3 is 2.93 bits per heavy atom. The standard InChI is InChI=1S/C10H13NO2S/c1-7(9-3-2-4-14-9)10(13)11-5-8(12)6-11/h2-4,7-8,12H,5-6H2,1H3. The first-order chi connectivity index (χ1) is 6.68. The molecule has 1 aliphatic heterocycles. The van der Waals surface area contributed by atoms with Gasteiger partial charge in [-0.3, -0.25) is 4.79 Å². The molecule has 1 aromatic heterocycles. The van der Waals surface area contributed by atoms with Crippen LogP contribution in [-0.4, -0.2) is 35.1 Å². The van der Waals surface area contributed by atoms with Crippen molar-refractivity contribution in [2.45, 2.75) is 18.9 Å². The Balaban J connectivity index is 1.99. The fraction of sp³-hybridized carbons (Fsp3) is 0.500. The molecule has 0 radical (unpaired) electrons. The molecule has 0 aliphatic carbocycles. The summed E-state index contributed by atoms with van der Waals surface area (Å²) in [6, 6.07) is 3.93. The minimum atomic E-state index is -0.311. The molecule has 1 aliphatic rings. The van der Waals surface area contributed by atoms with Crippen molar-refractivity contribution >= 4 is 17.2 Å². The smallest absolute Gasteiger partial charge is 0.230 e. The van der Waals surface area contributed by atoms with Gasteiger partial charge in [-0.1, -0.05) is 6.07 Å². The predicted molar refractivity (Wildman–Crippen MR) is 55.3 cm³/mol. The molecule has 1 unspecified atom stereocenters. The fourth-order valence-electron chi connectivity index (χ4n) is 1.57. The zero-order valence-electron chi connectivity index (χ0n) is 8.01. The quantitative estimate of drug-likeness (QED) is 0.794. The SMILES string of the molecule is CC(C(=O)N1CC(O)C1)c1cccs1. The normalized spacial score (nSPS) is 19.1. The van der Waals surface area contributed by atoms with Gasteiger partial charge in [-0.25, -0.2) is 0 Å². The number of hydrogen-bond donors (Lipinski definition) is 1. The molecule has 76 valence electrons. The number of hydrogen-bond acceptors (Lipinski definition) is 3. The van der Waals surface area contributed by atoms with Gasteiger partial charge in [0.1, 0.15) is 0 Å². The van der Waals surface area contributed by atoms with Crippen LogP contribution in [-0.2, 0) is 4.79 Å². The van der Waals surface area contributed by atoms with E-state index in [4.69, 9.17) is 5.11 Å². The van der Waals surface area contributed by atoms with Crippen molar-refractivity contribution in [3.63, 3.8) is 0 Å². The van der Waals surface area contributed by atoms with E-state index in [9.17, 15) is 4.79 Å². The summed E-state index contributed by atoms with van der Waals surface area (Å²) in [5.74, 6) is 0.0558. The molecule has 1 saturated heterocycles. The highest BCUT2D eigenvalue weighted by molar-refractivity contribution is 7.10. The second kappa shape index (κ2) is 3.71. The Morgan fingerprint density at radius 1 is 1.71 bits per heavy atom. The van der Waals surface area contributed by atoms with Crippen molar-refractivity contribution in [3.05, 3.63) is 22.4 Å². The highest BCUT2D eigenvalue weighted by Gasteiger charge is 2.32. The molecular weight excluding hydrogens is 198 g/mol. The summed E-state index contributed by atoms with van der Waals surface area (Å²) in [5, 5.41) is 11.1. The third-order valence-corrected chi connectivity index (χ3v) is 3.57. The zero-order chi connectivity index (χ0) is 10.1. The second-order valence-corrected chi connectivity index (χ2v) is 4.61. The van der Waals surface area contributed by atoms with Crippen LogP contribution in [0, 0.1) is 0 Å². The van der Waals surface area contributed by atoms with Gasteiger partial charge in [0.25, 0.3) is 0 Å². The summed E-state index contributed by atoms with van der Waals surface area (Å²) in [5.41, 5.74) is 0. The van der Waals surface area contributed by atoms with Crippen LogP contribution >= 0.6 is 11.3 Å². The molecule has 2 rings (SSSR count). The van der Waals surface area contributed by atoms with Crippen LogP contribution in [0.15, 0.2) is 17.5 Å². The summed E-state index contributed by atoms with van der Waals surface area (Å²) >= 11 is 1.60. The van der Waals surface area contributed by atoms with Crippen molar-refractivity contribution in [1.82, 2.24) is 4.90 Å². The van der Waals surface area contributed by atoms with E-state index in [0.29, 0.717) is 13.1 Å². The number of aliphatic hydroxyl groups excluding tert-OH is 1. The Hall–Kier alpha value is -0.870. The van der Waals surface area contributed by atoms with Crippen LogP contribution in [0.5, 0.6) is 0 Å². The third kappa shape index (κ3) is 1.67. The van der Waals surface area contributed by atoms with E-state index < -0.39 is 0 Å². The lowest BCUT2D eigenvalue weighted by Gasteiger charge is -2.37. The molecule has 1 atom stereocenters. The van der Waals surface area contributed by atoms with Crippen LogP contribution in [0.1, 0.15) is 17.7 Å². The highest BCUT2D eigenvalue weighted by Crippen LogP contribution is 2.24. The van der Waals surface area contributed by atoms with Gasteiger partial charge < -0.3 is 10.0 Å². The lowest BCUT2D eigenvalue weighted by atomic mass is 10.0. The van der Waals surface area contributed by atoms with Gasteiger partial charge in [0, 0.05) is 18.0 Å². The van der Waals surface area contributed by atoms with Gasteiger partial charge in [-0.05, 0) is 18.4 Å². The van der Waals surface area contributed by atoms with Crippen LogP contribution < -0.4 is 0 Å². The second-order valence-electron chi connectivity index (χ2n) is 3.63. The molecule has 4 heteroatoms. The number of aliphatic hydroxyl groups is 1. The van der Waals surface area contributed by atoms with E-state index in [1.54, 1.807) is 16.2 Å². The molecule has 1 aromatic rings. The number of β-amino-alcohol motifs (C(OH)–C–C–N with tert-alkyl or cyclic N) is 1. The van der Waals surface area contributed by atoms with E-state index in [2.05, 4.69) is 0 Å². The van der Waals surface area contributed by atoms with Gasteiger partial charge in [-0.2, -0.15) is 0 Å². The van der Waals surface area contributed by atoms with Crippen LogP contribution in [0.2, 0.25) is 0 Å². The zero-order valence-corrected chi connectivity index (χ0v) is 8.83. The molecule has 1 fully saturated rings. The number of carbonyl (C=O) groups excluding carboxylic acids is 1. The molecular formula is C10H13NO2S. The fourth-order valence-corrected chi connectivity index (χ4v) is 2.34. The number of amides is 1. The number of rotatable bonds is 2. The number of thiophene rings is 1. The van der Waals surface area contributed by atoms with E-state index in [1.165, 1.54) is 0 Å². The topological polar surface area (TPSA) is 40.5 Å². The van der Waals surface area contributed by atoms with Crippen LogP contribution in [0.25, 0.3) is 0 Å². The molecule has 14 heavy (non-hydrogen) atoms. The summed E-state index contributed by atoms with van der Waals surface area (Å²) in [6.45, 7) is 2.90. The van der Waals surface area contributed by atoms with E-state index in [-0.39, 0.29) is 17.9 Å². The highest BCUT2D eigenvalue weighted by atomic mass is 32.1. The number of carbonyl (C=O) groups is 1. The van der Waals surface area contributed by atoms with E-state index in [1.807, 2.05) is 24.4 Å². The maximum Gasteiger partial charge on any atom is 0.230 e. The van der Waals surface area contributed by atoms with Gasteiger partial charge in [0.05, 0.1) is 12.0 Å². The molecule has 3 nitrogen and oxygen atoms in total. The summed E-state index contributed by atoms with van der Waals surface area (Å²) in [7, 11) is 0. The van der Waals surface area contributed by atoms with E-state index in [0.717, 1.165) is 4.88 Å². The maximum atomic E-state index is 11.8. The Kier molecular flexibility index (Phi) is 2.56. The van der Waals surface area contributed by atoms with E-state index >= 15 is 0 Å². The lowest BCUT2D eigenvalue weighted by molar-refractivity contribution is -0.142. The maximum absolute atomic E-state index is 11.8. The third-order valence-electron chi connectivity index (χ3n) is 2.51. The van der Waals surface area contributed by atoms with Crippen molar-refractivity contribution in [1.29, 1.82) is 0 Å². The molecule has 1 N–H and O–H groups in total. The molecule has 1 amide bonds. The monoisotopic (exact) mass is 211 g/mol. The van der Waals surface area contributed by atoms with Gasteiger partial charge in [-0.15, -0.1) is 11.3 Å². The molecule has 0 spiro atoms.